The minimum Gasteiger partial charge on any atom is -0.490 e. The van der Waals surface area contributed by atoms with Crippen molar-refractivity contribution in [2.24, 2.45) is 5.10 Å². The first-order valence-corrected chi connectivity index (χ1v) is 11.3. The summed E-state index contributed by atoms with van der Waals surface area (Å²) < 4.78 is 19.1. The topological polar surface area (TPSA) is 70.8 Å². The van der Waals surface area contributed by atoms with Gasteiger partial charge in [0, 0.05) is 0 Å². The van der Waals surface area contributed by atoms with E-state index in [0.717, 1.165) is 11.3 Å². The second-order valence-corrected chi connectivity index (χ2v) is 7.83. The van der Waals surface area contributed by atoms with E-state index in [1.165, 1.54) is 55.0 Å². The molecule has 1 aromatic heterocycles. The maximum atomic E-state index is 5.92. The van der Waals surface area contributed by atoms with Gasteiger partial charge in [0.25, 0.3) is 0 Å². The standard InChI is InChI=1S/C25H30N4O3/c1-2-30-25-16-20(17-28-29-18-26-27-19-29)8-13-24(25)32-15-14-31-23-11-9-22(10-12-23)21-6-4-3-5-7-21/h8-13,16-19,21H,2-7,14-15H2,1H3/b28-17+. The molecule has 1 fully saturated rings. The molecule has 0 saturated heterocycles. The van der Waals surface area contributed by atoms with Crippen LogP contribution in [-0.4, -0.2) is 40.9 Å². The van der Waals surface area contributed by atoms with E-state index in [2.05, 4.69) is 39.6 Å². The van der Waals surface area contributed by atoms with E-state index >= 15 is 0 Å². The molecular formula is C25H30N4O3. The van der Waals surface area contributed by atoms with Gasteiger partial charge in [0.2, 0.25) is 0 Å². The lowest BCUT2D eigenvalue weighted by Crippen LogP contribution is -2.10. The first kappa shape index (κ1) is 21.9. The van der Waals surface area contributed by atoms with Crippen LogP contribution in [0.3, 0.4) is 0 Å². The van der Waals surface area contributed by atoms with Crippen molar-refractivity contribution in [3.05, 3.63) is 66.2 Å². The summed E-state index contributed by atoms with van der Waals surface area (Å²) in [7, 11) is 0. The molecule has 7 nitrogen and oxygen atoms in total. The second kappa shape index (κ2) is 11.3. The van der Waals surface area contributed by atoms with Gasteiger partial charge in [-0.15, -0.1) is 10.2 Å². The molecule has 0 radical (unpaired) electrons. The van der Waals surface area contributed by atoms with Crippen molar-refractivity contribution < 1.29 is 14.2 Å². The van der Waals surface area contributed by atoms with Gasteiger partial charge in [-0.3, -0.25) is 0 Å². The van der Waals surface area contributed by atoms with Gasteiger partial charge >= 0.3 is 0 Å². The molecule has 1 heterocycles. The van der Waals surface area contributed by atoms with Crippen molar-refractivity contribution in [1.82, 2.24) is 14.9 Å². The Kier molecular flexibility index (Phi) is 7.74. The summed E-state index contributed by atoms with van der Waals surface area (Å²) >= 11 is 0. The van der Waals surface area contributed by atoms with Crippen LogP contribution in [0.1, 0.15) is 56.1 Å². The maximum absolute atomic E-state index is 5.92. The molecular weight excluding hydrogens is 404 g/mol. The van der Waals surface area contributed by atoms with E-state index < -0.39 is 0 Å². The zero-order valence-electron chi connectivity index (χ0n) is 18.5. The third-order valence-corrected chi connectivity index (χ3v) is 5.58. The second-order valence-electron chi connectivity index (χ2n) is 7.83. The summed E-state index contributed by atoms with van der Waals surface area (Å²) in [6.07, 6.45) is 11.5. The minimum atomic E-state index is 0.429. The zero-order chi connectivity index (χ0) is 22.0. The van der Waals surface area contributed by atoms with Gasteiger partial charge < -0.3 is 14.2 Å². The van der Waals surface area contributed by atoms with E-state index in [4.69, 9.17) is 14.2 Å². The zero-order valence-corrected chi connectivity index (χ0v) is 18.5. The van der Waals surface area contributed by atoms with Gasteiger partial charge in [0.05, 0.1) is 12.8 Å². The Hall–Kier alpha value is -3.35. The predicted molar refractivity (Wildman–Crippen MR) is 124 cm³/mol. The fourth-order valence-corrected chi connectivity index (χ4v) is 3.96. The van der Waals surface area contributed by atoms with Gasteiger partial charge in [-0.1, -0.05) is 31.4 Å². The summed E-state index contributed by atoms with van der Waals surface area (Å²) in [4.78, 5) is 0. The normalized spacial score (nSPS) is 14.5. The van der Waals surface area contributed by atoms with E-state index in [0.29, 0.717) is 37.2 Å². The van der Waals surface area contributed by atoms with Crippen LogP contribution in [0.5, 0.6) is 17.2 Å². The van der Waals surface area contributed by atoms with Crippen LogP contribution in [-0.2, 0) is 0 Å². The van der Waals surface area contributed by atoms with E-state index in [-0.39, 0.29) is 0 Å². The van der Waals surface area contributed by atoms with Crippen LogP contribution in [0, 0.1) is 0 Å². The Balaban J connectivity index is 1.28. The van der Waals surface area contributed by atoms with Crippen molar-refractivity contribution in [1.29, 1.82) is 0 Å². The average Bonchev–Trinajstić information content (AvgIpc) is 3.36. The number of aromatic nitrogens is 3. The van der Waals surface area contributed by atoms with Gasteiger partial charge in [0.15, 0.2) is 11.5 Å². The lowest BCUT2D eigenvalue weighted by atomic mass is 9.84. The first-order chi connectivity index (χ1) is 15.8. The number of rotatable bonds is 10. The highest BCUT2D eigenvalue weighted by Crippen LogP contribution is 2.33. The van der Waals surface area contributed by atoms with Crippen molar-refractivity contribution in [2.75, 3.05) is 19.8 Å². The molecule has 3 aromatic rings. The van der Waals surface area contributed by atoms with Crippen LogP contribution in [0.15, 0.2) is 60.2 Å². The lowest BCUT2D eigenvalue weighted by Gasteiger charge is -2.22. The molecule has 0 unspecified atom stereocenters. The van der Waals surface area contributed by atoms with Crippen LogP contribution in [0.4, 0.5) is 0 Å². The summed E-state index contributed by atoms with van der Waals surface area (Å²) in [5.41, 5.74) is 2.33. The number of hydrogen-bond donors (Lipinski definition) is 0. The highest BCUT2D eigenvalue weighted by atomic mass is 16.5. The largest absolute Gasteiger partial charge is 0.490 e. The van der Waals surface area contributed by atoms with E-state index in [1.54, 1.807) is 6.21 Å². The Labute approximate surface area is 189 Å². The average molecular weight is 435 g/mol. The Morgan fingerprint density at radius 1 is 0.906 bits per heavy atom. The minimum absolute atomic E-state index is 0.429. The molecule has 0 atom stereocenters. The molecule has 4 rings (SSSR count). The third kappa shape index (κ3) is 6.09. The Morgan fingerprint density at radius 2 is 1.66 bits per heavy atom. The number of ether oxygens (including phenoxy) is 3. The number of nitrogens with zero attached hydrogens (tertiary/aromatic N) is 4. The van der Waals surface area contributed by atoms with Crippen molar-refractivity contribution in [2.45, 2.75) is 44.9 Å². The van der Waals surface area contributed by atoms with Gasteiger partial charge in [-0.2, -0.15) is 5.10 Å². The van der Waals surface area contributed by atoms with Crippen LogP contribution < -0.4 is 14.2 Å². The number of hydrogen-bond acceptors (Lipinski definition) is 6. The number of benzene rings is 2. The molecule has 0 aliphatic heterocycles. The van der Waals surface area contributed by atoms with Gasteiger partial charge in [-0.05, 0) is 67.1 Å². The molecule has 1 saturated carbocycles. The molecule has 32 heavy (non-hydrogen) atoms. The summed E-state index contributed by atoms with van der Waals surface area (Å²) in [5.74, 6) is 2.95. The molecule has 168 valence electrons. The highest BCUT2D eigenvalue weighted by molar-refractivity contribution is 5.80. The smallest absolute Gasteiger partial charge is 0.161 e. The first-order valence-electron chi connectivity index (χ1n) is 11.3. The maximum Gasteiger partial charge on any atom is 0.161 e. The quantitative estimate of drug-likeness (QED) is 0.329. The lowest BCUT2D eigenvalue weighted by molar-refractivity contribution is 0.208. The van der Waals surface area contributed by atoms with Crippen LogP contribution in [0.2, 0.25) is 0 Å². The molecule has 7 heteroatoms. The van der Waals surface area contributed by atoms with Gasteiger partial charge in [-0.25, -0.2) is 4.68 Å². The SMILES string of the molecule is CCOc1cc(/C=N/n2cnnc2)ccc1OCCOc1ccc(C2CCCCC2)cc1. The molecule has 0 N–H and O–H groups in total. The van der Waals surface area contributed by atoms with E-state index in [1.807, 2.05) is 25.1 Å². The van der Waals surface area contributed by atoms with Crippen LogP contribution in [0.25, 0.3) is 0 Å². The molecule has 1 aliphatic carbocycles. The fourth-order valence-electron chi connectivity index (χ4n) is 3.96. The monoisotopic (exact) mass is 434 g/mol. The highest BCUT2D eigenvalue weighted by Gasteiger charge is 2.15. The molecule has 0 bridgehead atoms. The van der Waals surface area contributed by atoms with E-state index in [9.17, 15) is 0 Å². The van der Waals surface area contributed by atoms with Crippen LogP contribution >= 0.6 is 0 Å². The molecule has 0 spiro atoms. The predicted octanol–water partition coefficient (Wildman–Crippen LogP) is 5.06. The summed E-state index contributed by atoms with van der Waals surface area (Å²) in [6.45, 7) is 3.39. The molecule has 0 amide bonds. The summed E-state index contributed by atoms with van der Waals surface area (Å²) in [6, 6.07) is 14.3. The Morgan fingerprint density at radius 3 is 2.41 bits per heavy atom. The molecule has 1 aliphatic rings. The Bertz CT molecular complexity index is 981. The van der Waals surface area contributed by atoms with Crippen molar-refractivity contribution in [3.8, 4) is 17.2 Å². The van der Waals surface area contributed by atoms with Crippen molar-refractivity contribution in [3.63, 3.8) is 0 Å². The van der Waals surface area contributed by atoms with Gasteiger partial charge in [0.1, 0.15) is 31.6 Å². The third-order valence-electron chi connectivity index (χ3n) is 5.58. The molecule has 2 aromatic carbocycles. The van der Waals surface area contributed by atoms with Crippen molar-refractivity contribution >= 4 is 6.21 Å². The fraction of sp³-hybridized carbons (Fsp3) is 0.400. The summed E-state index contributed by atoms with van der Waals surface area (Å²) in [5, 5.41) is 11.7.